The van der Waals surface area contributed by atoms with Crippen molar-refractivity contribution in [1.82, 2.24) is 0 Å². The Bertz CT molecular complexity index is 383. The minimum Gasteiger partial charge on any atom is -0.479 e. The van der Waals surface area contributed by atoms with Crippen molar-refractivity contribution in [3.8, 4) is 0 Å². The van der Waals surface area contributed by atoms with Gasteiger partial charge in [-0.05, 0) is 40.3 Å². The first-order chi connectivity index (χ1) is 8.43. The van der Waals surface area contributed by atoms with Gasteiger partial charge in [0, 0.05) is 5.56 Å². The van der Waals surface area contributed by atoms with E-state index in [1.165, 1.54) is 5.57 Å². The molecule has 0 radical (unpaired) electrons. The molecule has 100 valence electrons. The molecule has 0 aliphatic rings. The van der Waals surface area contributed by atoms with Gasteiger partial charge in [-0.15, -0.1) is 0 Å². The van der Waals surface area contributed by atoms with E-state index in [0.717, 1.165) is 11.3 Å². The van der Waals surface area contributed by atoms with Crippen LogP contribution in [0.15, 0.2) is 41.7 Å². The van der Waals surface area contributed by atoms with Crippen molar-refractivity contribution in [3.05, 3.63) is 47.2 Å². The van der Waals surface area contributed by atoms with Crippen molar-refractivity contribution < 1.29 is 4.74 Å². The molecule has 1 aromatic carbocycles. The zero-order valence-corrected chi connectivity index (χ0v) is 13.5. The number of alkyl halides is 1. The zero-order valence-electron chi connectivity index (χ0n) is 11.9. The van der Waals surface area contributed by atoms with E-state index >= 15 is 0 Å². The normalized spacial score (nSPS) is 12.7. The van der Waals surface area contributed by atoms with Gasteiger partial charge < -0.3 is 4.74 Å². The SMILES string of the molecule is CC(OC(Br)c1ccccc1)=C(C(C)C)C(C)C. The lowest BCUT2D eigenvalue weighted by Gasteiger charge is -2.22. The maximum absolute atomic E-state index is 6.02. The van der Waals surface area contributed by atoms with Gasteiger partial charge >= 0.3 is 0 Å². The minimum atomic E-state index is -0.0776. The van der Waals surface area contributed by atoms with Gasteiger partial charge in [0.1, 0.15) is 0 Å². The summed E-state index contributed by atoms with van der Waals surface area (Å²) in [7, 11) is 0. The van der Waals surface area contributed by atoms with Crippen LogP contribution in [0.1, 0.15) is 45.2 Å². The summed E-state index contributed by atoms with van der Waals surface area (Å²) in [6.07, 6.45) is 0. The lowest BCUT2D eigenvalue weighted by Crippen LogP contribution is -2.08. The Hall–Kier alpha value is -0.760. The molecule has 1 rings (SSSR count). The zero-order chi connectivity index (χ0) is 13.7. The van der Waals surface area contributed by atoms with Crippen molar-refractivity contribution >= 4 is 15.9 Å². The first-order valence-corrected chi connectivity index (χ1v) is 7.41. The molecule has 0 N–H and O–H groups in total. The largest absolute Gasteiger partial charge is 0.479 e. The van der Waals surface area contributed by atoms with Gasteiger partial charge in [-0.25, -0.2) is 0 Å². The van der Waals surface area contributed by atoms with Crippen molar-refractivity contribution in [1.29, 1.82) is 0 Å². The van der Waals surface area contributed by atoms with Crippen molar-refractivity contribution in [2.45, 2.75) is 39.6 Å². The average molecular weight is 311 g/mol. The van der Waals surface area contributed by atoms with E-state index in [9.17, 15) is 0 Å². The van der Waals surface area contributed by atoms with Crippen LogP contribution in [-0.2, 0) is 4.74 Å². The molecule has 0 spiro atoms. The summed E-state index contributed by atoms with van der Waals surface area (Å²) in [5, 5.41) is -0.0776. The summed E-state index contributed by atoms with van der Waals surface area (Å²) in [5.74, 6) is 2.06. The molecule has 0 saturated carbocycles. The van der Waals surface area contributed by atoms with E-state index in [2.05, 4.69) is 62.7 Å². The molecule has 0 amide bonds. The van der Waals surface area contributed by atoms with Crippen LogP contribution in [0.5, 0.6) is 0 Å². The molecule has 18 heavy (non-hydrogen) atoms. The fourth-order valence-corrected chi connectivity index (χ4v) is 2.96. The van der Waals surface area contributed by atoms with Crippen molar-refractivity contribution in [3.63, 3.8) is 0 Å². The van der Waals surface area contributed by atoms with Crippen molar-refractivity contribution in [2.24, 2.45) is 11.8 Å². The second kappa shape index (κ2) is 6.98. The monoisotopic (exact) mass is 310 g/mol. The molecule has 0 bridgehead atoms. The van der Waals surface area contributed by atoms with Crippen LogP contribution in [0.3, 0.4) is 0 Å². The van der Waals surface area contributed by atoms with Gasteiger partial charge in [0.25, 0.3) is 0 Å². The second-order valence-electron chi connectivity index (χ2n) is 5.17. The summed E-state index contributed by atoms with van der Waals surface area (Å²) in [6.45, 7) is 10.9. The lowest BCUT2D eigenvalue weighted by atomic mass is 9.91. The maximum Gasteiger partial charge on any atom is 0.177 e. The van der Waals surface area contributed by atoms with Gasteiger partial charge in [0.15, 0.2) is 5.01 Å². The molecule has 0 fully saturated rings. The Balaban J connectivity index is 2.86. The number of allylic oxidation sites excluding steroid dienone is 2. The third kappa shape index (κ3) is 4.16. The molecule has 0 aliphatic carbocycles. The smallest absolute Gasteiger partial charge is 0.177 e. The number of rotatable bonds is 5. The fraction of sp³-hybridized carbons (Fsp3) is 0.500. The molecular weight excluding hydrogens is 288 g/mol. The Morgan fingerprint density at radius 3 is 1.94 bits per heavy atom. The fourth-order valence-electron chi connectivity index (χ4n) is 2.38. The topological polar surface area (TPSA) is 9.23 Å². The van der Waals surface area contributed by atoms with Crippen LogP contribution in [0, 0.1) is 11.8 Å². The van der Waals surface area contributed by atoms with E-state index < -0.39 is 0 Å². The number of hydrogen-bond donors (Lipinski definition) is 0. The average Bonchev–Trinajstić information content (AvgIpc) is 2.28. The van der Waals surface area contributed by atoms with E-state index in [-0.39, 0.29) is 5.01 Å². The highest BCUT2D eigenvalue weighted by molar-refractivity contribution is 9.09. The third-order valence-corrected chi connectivity index (χ3v) is 3.71. The van der Waals surface area contributed by atoms with Crippen LogP contribution in [0.2, 0.25) is 0 Å². The number of benzene rings is 1. The lowest BCUT2D eigenvalue weighted by molar-refractivity contribution is 0.188. The Morgan fingerprint density at radius 2 is 1.50 bits per heavy atom. The maximum atomic E-state index is 6.02. The van der Waals surface area contributed by atoms with Gasteiger partial charge in [0.2, 0.25) is 0 Å². The Kier molecular flexibility index (Phi) is 5.94. The number of halogens is 1. The highest BCUT2D eigenvalue weighted by atomic mass is 79.9. The van der Waals surface area contributed by atoms with Gasteiger partial charge in [-0.3, -0.25) is 0 Å². The quantitative estimate of drug-likeness (QED) is 0.502. The molecule has 0 saturated heterocycles. The summed E-state index contributed by atoms with van der Waals surface area (Å²) in [4.78, 5) is 0. The summed E-state index contributed by atoms with van der Waals surface area (Å²) < 4.78 is 6.02. The van der Waals surface area contributed by atoms with Crippen LogP contribution in [0.25, 0.3) is 0 Å². The molecule has 1 unspecified atom stereocenters. The van der Waals surface area contributed by atoms with Crippen LogP contribution in [0.4, 0.5) is 0 Å². The Labute approximate surface area is 119 Å². The van der Waals surface area contributed by atoms with E-state index in [0.29, 0.717) is 11.8 Å². The molecule has 0 heterocycles. The standard InChI is InChI=1S/C16H23BrO/c1-11(2)15(12(3)4)13(5)18-16(17)14-9-7-6-8-10-14/h6-12,16H,1-5H3. The van der Waals surface area contributed by atoms with E-state index in [1.54, 1.807) is 0 Å². The second-order valence-corrected chi connectivity index (χ2v) is 6.00. The molecule has 2 heteroatoms. The number of ether oxygens (including phenoxy) is 1. The van der Waals surface area contributed by atoms with Crippen LogP contribution >= 0.6 is 15.9 Å². The Morgan fingerprint density at radius 1 is 1.00 bits per heavy atom. The highest BCUT2D eigenvalue weighted by Crippen LogP contribution is 2.31. The van der Waals surface area contributed by atoms with Gasteiger partial charge in [0.05, 0.1) is 5.76 Å². The molecular formula is C16H23BrO. The summed E-state index contributed by atoms with van der Waals surface area (Å²) in [6, 6.07) is 10.2. The van der Waals surface area contributed by atoms with E-state index in [1.807, 2.05) is 18.2 Å². The third-order valence-electron chi connectivity index (χ3n) is 2.99. The van der Waals surface area contributed by atoms with E-state index in [4.69, 9.17) is 4.74 Å². The first-order valence-electron chi connectivity index (χ1n) is 6.49. The minimum absolute atomic E-state index is 0.0776. The summed E-state index contributed by atoms with van der Waals surface area (Å²) in [5.41, 5.74) is 2.53. The molecule has 1 atom stereocenters. The predicted molar refractivity (Wildman–Crippen MR) is 81.6 cm³/mol. The predicted octanol–water partition coefficient (Wildman–Crippen LogP) is 5.68. The van der Waals surface area contributed by atoms with Crippen molar-refractivity contribution in [2.75, 3.05) is 0 Å². The highest BCUT2D eigenvalue weighted by Gasteiger charge is 2.16. The molecule has 1 nitrogen and oxygen atoms in total. The number of hydrogen-bond acceptors (Lipinski definition) is 1. The molecule has 1 aromatic rings. The van der Waals surface area contributed by atoms with Crippen LogP contribution < -0.4 is 0 Å². The van der Waals surface area contributed by atoms with Crippen LogP contribution in [-0.4, -0.2) is 0 Å². The summed E-state index contributed by atoms with van der Waals surface area (Å²) >= 11 is 3.60. The first kappa shape index (κ1) is 15.3. The molecule has 0 aliphatic heterocycles. The van der Waals surface area contributed by atoms with Gasteiger partial charge in [-0.1, -0.05) is 58.0 Å². The van der Waals surface area contributed by atoms with Gasteiger partial charge in [-0.2, -0.15) is 0 Å². The molecule has 0 aromatic heterocycles.